The maximum Gasteiger partial charge on any atom is 0.266 e. The Balaban J connectivity index is 1.87. The minimum Gasteiger partial charge on any atom is -0.397 e. The van der Waals surface area contributed by atoms with Crippen molar-refractivity contribution in [3.63, 3.8) is 0 Å². The van der Waals surface area contributed by atoms with Crippen LogP contribution in [-0.2, 0) is 6.54 Å². The molecule has 0 saturated heterocycles. The summed E-state index contributed by atoms with van der Waals surface area (Å²) in [4.78, 5) is 21.0. The lowest BCUT2D eigenvalue weighted by Gasteiger charge is -2.15. The molecule has 0 aliphatic heterocycles. The molecule has 0 aliphatic carbocycles. The van der Waals surface area contributed by atoms with Crippen LogP contribution >= 0.6 is 38.6 Å². The van der Waals surface area contributed by atoms with Gasteiger partial charge in [0.05, 0.1) is 12.2 Å². The first-order chi connectivity index (χ1) is 10.1. The zero-order valence-corrected chi connectivity index (χ0v) is 14.4. The summed E-state index contributed by atoms with van der Waals surface area (Å²) in [5.41, 5.74) is 6.61. The van der Waals surface area contributed by atoms with Crippen LogP contribution in [0, 0.1) is 0 Å². The van der Waals surface area contributed by atoms with Crippen molar-refractivity contribution in [2.24, 2.45) is 0 Å². The highest BCUT2D eigenvalue weighted by molar-refractivity contribution is 9.10. The number of pyridine rings is 1. The molecule has 3 aromatic heterocycles. The van der Waals surface area contributed by atoms with E-state index in [-0.39, 0.29) is 5.91 Å². The summed E-state index contributed by atoms with van der Waals surface area (Å²) >= 11 is 6.38. The highest BCUT2D eigenvalue weighted by atomic mass is 79.9. The summed E-state index contributed by atoms with van der Waals surface area (Å²) in [6.07, 6.45) is 1.71. The van der Waals surface area contributed by atoms with Crippen molar-refractivity contribution < 1.29 is 4.79 Å². The maximum atomic E-state index is 12.6. The third-order valence-electron chi connectivity index (χ3n) is 3.06. The quantitative estimate of drug-likeness (QED) is 0.746. The number of nitrogens with zero attached hydrogens (tertiary/aromatic N) is 2. The van der Waals surface area contributed by atoms with Gasteiger partial charge in [0, 0.05) is 33.4 Å². The summed E-state index contributed by atoms with van der Waals surface area (Å²) in [6, 6.07) is 5.73. The van der Waals surface area contributed by atoms with Gasteiger partial charge in [0.2, 0.25) is 0 Å². The molecular weight excluding hydrogens is 370 g/mol. The summed E-state index contributed by atoms with van der Waals surface area (Å²) < 4.78 is 1.04. The molecule has 3 heterocycles. The largest absolute Gasteiger partial charge is 0.397 e. The molecule has 21 heavy (non-hydrogen) atoms. The van der Waals surface area contributed by atoms with E-state index in [0.717, 1.165) is 19.6 Å². The summed E-state index contributed by atoms with van der Waals surface area (Å²) in [5.74, 6) is -0.0694. The van der Waals surface area contributed by atoms with Gasteiger partial charge in [-0.2, -0.15) is 0 Å². The molecule has 3 rings (SSSR count). The first kappa shape index (κ1) is 14.5. The van der Waals surface area contributed by atoms with E-state index in [1.165, 1.54) is 11.3 Å². The Morgan fingerprint density at radius 3 is 3.00 bits per heavy atom. The first-order valence-electron chi connectivity index (χ1n) is 6.17. The third-order valence-corrected chi connectivity index (χ3v) is 5.86. The molecule has 0 radical (unpaired) electrons. The lowest BCUT2D eigenvalue weighted by atomic mass is 10.2. The number of thiophene rings is 2. The van der Waals surface area contributed by atoms with E-state index in [2.05, 4.69) is 20.9 Å². The van der Waals surface area contributed by atoms with Crippen LogP contribution in [0.25, 0.3) is 10.2 Å². The van der Waals surface area contributed by atoms with Crippen LogP contribution in [-0.4, -0.2) is 22.8 Å². The van der Waals surface area contributed by atoms with Gasteiger partial charge in [0.15, 0.2) is 0 Å². The molecule has 0 fully saturated rings. The topological polar surface area (TPSA) is 59.2 Å². The number of hydrogen-bond acceptors (Lipinski definition) is 5. The second-order valence-electron chi connectivity index (χ2n) is 4.59. The lowest BCUT2D eigenvalue weighted by Crippen LogP contribution is -2.25. The lowest BCUT2D eigenvalue weighted by molar-refractivity contribution is 0.0792. The number of carbonyl (C=O) groups is 1. The van der Waals surface area contributed by atoms with E-state index >= 15 is 0 Å². The average molecular weight is 382 g/mol. The fourth-order valence-electron chi connectivity index (χ4n) is 2.03. The monoisotopic (exact) mass is 381 g/mol. The average Bonchev–Trinajstić information content (AvgIpc) is 3.03. The van der Waals surface area contributed by atoms with Crippen LogP contribution < -0.4 is 5.73 Å². The number of amides is 1. The van der Waals surface area contributed by atoms with E-state index in [1.54, 1.807) is 29.5 Å². The summed E-state index contributed by atoms with van der Waals surface area (Å²) in [6.45, 7) is 0.566. The third kappa shape index (κ3) is 2.81. The van der Waals surface area contributed by atoms with Gasteiger partial charge >= 0.3 is 0 Å². The molecule has 0 spiro atoms. The van der Waals surface area contributed by atoms with Gasteiger partial charge in [-0.25, -0.2) is 4.98 Å². The predicted molar refractivity (Wildman–Crippen MR) is 91.8 cm³/mol. The zero-order chi connectivity index (χ0) is 15.0. The number of carbonyl (C=O) groups excluding carboxylic acids is 1. The number of anilines is 1. The Morgan fingerprint density at radius 1 is 1.52 bits per heavy atom. The van der Waals surface area contributed by atoms with Crippen LogP contribution in [0.15, 0.2) is 34.2 Å². The van der Waals surface area contributed by atoms with Gasteiger partial charge in [-0.15, -0.1) is 22.7 Å². The molecule has 0 saturated carbocycles. The minimum atomic E-state index is -0.0694. The minimum absolute atomic E-state index is 0.0694. The van der Waals surface area contributed by atoms with Crippen LogP contribution in [0.1, 0.15) is 14.5 Å². The Labute approximate surface area is 138 Å². The fraction of sp³-hybridized carbons (Fsp3) is 0.143. The fourth-order valence-corrected chi connectivity index (χ4v) is 4.59. The molecule has 0 aromatic carbocycles. The van der Waals surface area contributed by atoms with E-state index in [9.17, 15) is 4.79 Å². The highest BCUT2D eigenvalue weighted by Gasteiger charge is 2.20. The molecule has 0 bridgehead atoms. The first-order valence-corrected chi connectivity index (χ1v) is 8.66. The molecule has 108 valence electrons. The van der Waals surface area contributed by atoms with Crippen molar-refractivity contribution in [2.75, 3.05) is 12.8 Å². The second-order valence-corrected chi connectivity index (χ2v) is 7.50. The molecule has 1 amide bonds. The van der Waals surface area contributed by atoms with Crippen LogP contribution in [0.5, 0.6) is 0 Å². The van der Waals surface area contributed by atoms with Gasteiger partial charge < -0.3 is 10.6 Å². The van der Waals surface area contributed by atoms with Crippen molar-refractivity contribution in [3.05, 3.63) is 44.0 Å². The van der Waals surface area contributed by atoms with Crippen LogP contribution in [0.4, 0.5) is 5.69 Å². The molecule has 0 unspecified atom stereocenters. The van der Waals surface area contributed by atoms with Gasteiger partial charge in [-0.1, -0.05) is 0 Å². The van der Waals surface area contributed by atoms with E-state index < -0.39 is 0 Å². The SMILES string of the molecule is CN(Cc1cc(Br)cs1)C(=O)c1sc2ncccc2c1N. The number of nitrogens with two attached hydrogens (primary N) is 1. The highest BCUT2D eigenvalue weighted by Crippen LogP contribution is 2.33. The molecule has 7 heteroatoms. The van der Waals surface area contributed by atoms with Gasteiger partial charge in [-0.3, -0.25) is 4.79 Å². The number of hydrogen-bond donors (Lipinski definition) is 1. The van der Waals surface area contributed by atoms with Crippen molar-refractivity contribution in [1.29, 1.82) is 0 Å². The number of aromatic nitrogens is 1. The van der Waals surface area contributed by atoms with Crippen molar-refractivity contribution in [3.8, 4) is 0 Å². The molecule has 3 aromatic rings. The number of fused-ring (bicyclic) bond motifs is 1. The van der Waals surface area contributed by atoms with E-state index in [1.807, 2.05) is 23.6 Å². The Kier molecular flexibility index (Phi) is 3.97. The van der Waals surface area contributed by atoms with Gasteiger partial charge in [-0.05, 0) is 34.1 Å². The normalized spacial score (nSPS) is 11.0. The van der Waals surface area contributed by atoms with E-state index in [4.69, 9.17) is 5.73 Å². The number of rotatable bonds is 3. The Morgan fingerprint density at radius 2 is 2.33 bits per heavy atom. The van der Waals surface area contributed by atoms with E-state index in [0.29, 0.717) is 17.1 Å². The number of nitrogen functional groups attached to an aromatic ring is 1. The van der Waals surface area contributed by atoms with Gasteiger partial charge in [0.1, 0.15) is 9.71 Å². The van der Waals surface area contributed by atoms with Crippen LogP contribution in [0.3, 0.4) is 0 Å². The second kappa shape index (κ2) is 5.75. The molecule has 2 N–H and O–H groups in total. The zero-order valence-electron chi connectivity index (χ0n) is 11.2. The Hall–Kier alpha value is -1.44. The maximum absolute atomic E-state index is 12.6. The predicted octanol–water partition coefficient (Wildman–Crippen LogP) is 3.97. The van der Waals surface area contributed by atoms with Crippen molar-refractivity contribution in [1.82, 2.24) is 9.88 Å². The molecular formula is C14H12BrN3OS2. The molecule has 0 aliphatic rings. The number of halogens is 1. The smallest absolute Gasteiger partial charge is 0.266 e. The standard InChI is InChI=1S/C14H12BrN3OS2/c1-18(6-9-5-8(15)7-20-9)14(19)12-11(16)10-3-2-4-17-13(10)21-12/h2-5,7H,6,16H2,1H3. The van der Waals surface area contributed by atoms with Crippen molar-refractivity contribution in [2.45, 2.75) is 6.54 Å². The van der Waals surface area contributed by atoms with Gasteiger partial charge in [0.25, 0.3) is 5.91 Å². The molecule has 4 nitrogen and oxygen atoms in total. The van der Waals surface area contributed by atoms with Crippen LogP contribution in [0.2, 0.25) is 0 Å². The Bertz CT molecular complexity index is 812. The summed E-state index contributed by atoms with van der Waals surface area (Å²) in [5, 5.41) is 2.85. The summed E-state index contributed by atoms with van der Waals surface area (Å²) in [7, 11) is 1.78. The molecule has 0 atom stereocenters. The van der Waals surface area contributed by atoms with Crippen molar-refractivity contribution >= 4 is 60.4 Å².